The van der Waals surface area contributed by atoms with Crippen LogP contribution < -0.4 is 5.32 Å². The topological polar surface area (TPSA) is 49.4 Å². The summed E-state index contributed by atoms with van der Waals surface area (Å²) in [5, 5.41) is 5.01. The minimum absolute atomic E-state index is 0.395. The van der Waals surface area contributed by atoms with Crippen LogP contribution in [-0.4, -0.2) is 44.4 Å². The molecule has 0 spiro atoms. The van der Waals surface area contributed by atoms with Crippen LogP contribution in [0.5, 0.6) is 0 Å². The van der Waals surface area contributed by atoms with Crippen LogP contribution in [0.4, 0.5) is 0 Å². The van der Waals surface area contributed by atoms with Gasteiger partial charge >= 0.3 is 0 Å². The summed E-state index contributed by atoms with van der Waals surface area (Å²) >= 11 is 3.13. The summed E-state index contributed by atoms with van der Waals surface area (Å²) in [5.74, 6) is 0.807. The molecule has 0 aromatic carbocycles. The van der Waals surface area contributed by atoms with Crippen LogP contribution in [0.3, 0.4) is 0 Å². The smallest absolute Gasteiger partial charge is 0.243 e. The first-order chi connectivity index (χ1) is 8.87. The SMILES string of the molecule is CSCCN(C)S(=O)(=O)c1csc(CNC(C)C)c1. The number of sulfonamides is 1. The third-order valence-corrected chi connectivity index (χ3v) is 6.14. The van der Waals surface area contributed by atoms with E-state index in [9.17, 15) is 8.42 Å². The van der Waals surface area contributed by atoms with Crippen molar-refractivity contribution in [3.05, 3.63) is 16.3 Å². The van der Waals surface area contributed by atoms with E-state index >= 15 is 0 Å². The average Bonchev–Trinajstić information content (AvgIpc) is 2.82. The van der Waals surface area contributed by atoms with Crippen LogP contribution in [0, 0.1) is 0 Å². The molecule has 0 aliphatic carbocycles. The maximum atomic E-state index is 12.3. The van der Waals surface area contributed by atoms with Gasteiger partial charge < -0.3 is 5.32 Å². The molecule has 0 aliphatic heterocycles. The monoisotopic (exact) mass is 322 g/mol. The van der Waals surface area contributed by atoms with Gasteiger partial charge in [0, 0.05) is 42.2 Å². The second kappa shape index (κ2) is 7.64. The summed E-state index contributed by atoms with van der Waals surface area (Å²) in [7, 11) is -1.69. The number of nitrogens with zero attached hydrogens (tertiary/aromatic N) is 1. The molecule has 1 N–H and O–H groups in total. The van der Waals surface area contributed by atoms with Crippen molar-refractivity contribution in [2.24, 2.45) is 0 Å². The summed E-state index contributed by atoms with van der Waals surface area (Å²) in [6.07, 6.45) is 1.97. The second-order valence-electron chi connectivity index (χ2n) is 4.60. The van der Waals surface area contributed by atoms with Gasteiger partial charge in [0.15, 0.2) is 0 Å². The molecule has 7 heteroatoms. The lowest BCUT2D eigenvalue weighted by molar-refractivity contribution is 0.489. The van der Waals surface area contributed by atoms with Gasteiger partial charge in [0.2, 0.25) is 10.0 Å². The van der Waals surface area contributed by atoms with E-state index in [4.69, 9.17) is 0 Å². The van der Waals surface area contributed by atoms with Crippen LogP contribution in [0.25, 0.3) is 0 Å². The third-order valence-electron chi connectivity index (χ3n) is 2.63. The quantitative estimate of drug-likeness (QED) is 0.797. The van der Waals surface area contributed by atoms with Gasteiger partial charge in [0.05, 0.1) is 4.90 Å². The van der Waals surface area contributed by atoms with E-state index in [2.05, 4.69) is 19.2 Å². The highest BCUT2D eigenvalue weighted by molar-refractivity contribution is 7.98. The lowest BCUT2D eigenvalue weighted by atomic mass is 10.4. The maximum absolute atomic E-state index is 12.3. The molecular formula is C12H22N2O2S3. The standard InChI is InChI=1S/C12H22N2O2S3/c1-10(2)13-8-11-7-12(9-18-11)19(15,16)14(3)5-6-17-4/h7,9-10,13H,5-6,8H2,1-4H3. The second-order valence-corrected chi connectivity index (χ2v) is 8.63. The van der Waals surface area contributed by atoms with Gasteiger partial charge in [-0.1, -0.05) is 13.8 Å². The number of thioether (sulfide) groups is 1. The number of hydrogen-bond acceptors (Lipinski definition) is 5. The molecular weight excluding hydrogens is 300 g/mol. The summed E-state index contributed by atoms with van der Waals surface area (Å²) in [5.41, 5.74) is 0. The maximum Gasteiger partial charge on any atom is 0.243 e. The van der Waals surface area contributed by atoms with Gasteiger partial charge in [-0.05, 0) is 12.3 Å². The highest BCUT2D eigenvalue weighted by Crippen LogP contribution is 2.22. The molecule has 0 radical (unpaired) electrons. The predicted octanol–water partition coefficient (Wildman–Crippen LogP) is 2.23. The van der Waals surface area contributed by atoms with Crippen molar-refractivity contribution in [2.45, 2.75) is 31.3 Å². The molecule has 0 aliphatic rings. The van der Waals surface area contributed by atoms with Crippen LogP contribution in [0.15, 0.2) is 16.3 Å². The zero-order valence-electron chi connectivity index (χ0n) is 11.8. The number of thiophene rings is 1. The van der Waals surface area contributed by atoms with Gasteiger partial charge in [-0.3, -0.25) is 0 Å². The Morgan fingerprint density at radius 2 is 2.16 bits per heavy atom. The van der Waals surface area contributed by atoms with E-state index in [-0.39, 0.29) is 0 Å². The summed E-state index contributed by atoms with van der Waals surface area (Å²) < 4.78 is 26.0. The normalized spacial score (nSPS) is 12.5. The number of rotatable bonds is 8. The molecule has 0 saturated heterocycles. The van der Waals surface area contributed by atoms with Crippen molar-refractivity contribution in [3.8, 4) is 0 Å². The fraction of sp³-hybridized carbons (Fsp3) is 0.667. The molecule has 0 atom stereocenters. The Morgan fingerprint density at radius 1 is 1.47 bits per heavy atom. The Kier molecular flexibility index (Phi) is 6.82. The minimum Gasteiger partial charge on any atom is -0.310 e. The lowest BCUT2D eigenvalue weighted by Crippen LogP contribution is -2.28. The van der Waals surface area contributed by atoms with Crippen molar-refractivity contribution < 1.29 is 8.42 Å². The summed E-state index contributed by atoms with van der Waals surface area (Å²) in [6.45, 7) is 5.40. The van der Waals surface area contributed by atoms with Crippen molar-refractivity contribution in [2.75, 3.05) is 25.6 Å². The van der Waals surface area contributed by atoms with E-state index in [1.165, 1.54) is 15.6 Å². The molecule has 4 nitrogen and oxygen atoms in total. The van der Waals surface area contributed by atoms with E-state index < -0.39 is 10.0 Å². The van der Waals surface area contributed by atoms with Crippen molar-refractivity contribution in [1.29, 1.82) is 0 Å². The van der Waals surface area contributed by atoms with Crippen LogP contribution in [0.2, 0.25) is 0 Å². The van der Waals surface area contributed by atoms with Gasteiger partial charge in [0.1, 0.15) is 0 Å². The van der Waals surface area contributed by atoms with Gasteiger partial charge in [-0.15, -0.1) is 11.3 Å². The highest BCUT2D eigenvalue weighted by Gasteiger charge is 2.21. The first kappa shape index (κ1) is 17.0. The molecule has 19 heavy (non-hydrogen) atoms. The summed E-state index contributed by atoms with van der Waals surface area (Å²) in [6, 6.07) is 2.16. The van der Waals surface area contributed by atoms with Crippen LogP contribution in [0.1, 0.15) is 18.7 Å². The van der Waals surface area contributed by atoms with Gasteiger partial charge in [0.25, 0.3) is 0 Å². The molecule has 1 heterocycles. The van der Waals surface area contributed by atoms with Crippen LogP contribution in [-0.2, 0) is 16.6 Å². The fourth-order valence-corrected chi connectivity index (χ4v) is 4.37. The average molecular weight is 323 g/mol. The van der Waals surface area contributed by atoms with Gasteiger partial charge in [-0.2, -0.15) is 11.8 Å². The lowest BCUT2D eigenvalue weighted by Gasteiger charge is -2.15. The molecule has 110 valence electrons. The molecule has 0 amide bonds. The summed E-state index contributed by atoms with van der Waals surface area (Å²) in [4.78, 5) is 1.45. The molecule has 1 rings (SSSR count). The fourth-order valence-electron chi connectivity index (χ4n) is 1.41. The van der Waals surface area contributed by atoms with E-state index in [0.717, 1.165) is 10.6 Å². The third kappa shape index (κ3) is 5.07. The Hall–Kier alpha value is -0.0800. The zero-order valence-corrected chi connectivity index (χ0v) is 14.3. The van der Waals surface area contributed by atoms with E-state index in [1.54, 1.807) is 30.3 Å². The first-order valence-corrected chi connectivity index (χ1v) is 9.85. The Balaban J connectivity index is 2.73. The molecule has 0 unspecified atom stereocenters. The number of hydrogen-bond donors (Lipinski definition) is 1. The Morgan fingerprint density at radius 3 is 2.74 bits per heavy atom. The highest BCUT2D eigenvalue weighted by atomic mass is 32.2. The van der Waals surface area contributed by atoms with Gasteiger partial charge in [-0.25, -0.2) is 12.7 Å². The van der Waals surface area contributed by atoms with E-state index in [1.807, 2.05) is 6.26 Å². The molecule has 0 saturated carbocycles. The van der Waals surface area contributed by atoms with Crippen molar-refractivity contribution in [3.63, 3.8) is 0 Å². The Bertz CT molecular complexity index is 483. The largest absolute Gasteiger partial charge is 0.310 e. The van der Waals surface area contributed by atoms with Crippen LogP contribution >= 0.6 is 23.1 Å². The van der Waals surface area contributed by atoms with Crippen molar-refractivity contribution in [1.82, 2.24) is 9.62 Å². The number of nitrogens with one attached hydrogen (secondary N) is 1. The van der Waals surface area contributed by atoms with E-state index in [0.29, 0.717) is 24.0 Å². The molecule has 0 bridgehead atoms. The van der Waals surface area contributed by atoms with Crippen molar-refractivity contribution >= 4 is 33.1 Å². The minimum atomic E-state index is -3.33. The first-order valence-electron chi connectivity index (χ1n) is 6.14. The Labute approximate surface area is 124 Å². The molecule has 1 aromatic heterocycles. The predicted molar refractivity (Wildman–Crippen MR) is 84.5 cm³/mol. The zero-order chi connectivity index (χ0) is 14.5. The molecule has 0 fully saturated rings. The molecule has 1 aromatic rings.